The molecule has 0 saturated heterocycles. The van der Waals surface area contributed by atoms with Gasteiger partial charge in [-0.05, 0) is 37.0 Å². The number of H-pyrrole nitrogens is 1. The molecule has 4 N–H and O–H groups in total. The van der Waals surface area contributed by atoms with Crippen LogP contribution in [0.15, 0.2) is 42.5 Å². The highest BCUT2D eigenvalue weighted by Gasteiger charge is 2.18. The number of aryl methyl sites for hydroxylation is 1. The number of aromatic nitrogens is 2. The van der Waals surface area contributed by atoms with Crippen LogP contribution in [0, 0.1) is 11.3 Å². The van der Waals surface area contributed by atoms with Crippen LogP contribution in [0.5, 0.6) is 17.2 Å². The van der Waals surface area contributed by atoms with Crippen molar-refractivity contribution >= 4 is 11.7 Å². The van der Waals surface area contributed by atoms with Crippen LogP contribution in [0.25, 0.3) is 0 Å². The van der Waals surface area contributed by atoms with Gasteiger partial charge in [-0.2, -0.15) is 10.4 Å². The van der Waals surface area contributed by atoms with Crippen molar-refractivity contribution in [3.63, 3.8) is 0 Å². The summed E-state index contributed by atoms with van der Waals surface area (Å²) in [5.41, 5.74) is 8.24. The maximum Gasteiger partial charge on any atom is 0.251 e. The summed E-state index contributed by atoms with van der Waals surface area (Å²) in [6.07, 6.45) is 3.20. The smallest absolute Gasteiger partial charge is 0.251 e. The number of rotatable bonds is 12. The predicted molar refractivity (Wildman–Crippen MR) is 128 cm³/mol. The number of aromatic amines is 1. The first-order valence-corrected chi connectivity index (χ1v) is 11.0. The van der Waals surface area contributed by atoms with E-state index in [1.165, 1.54) is 14.2 Å². The van der Waals surface area contributed by atoms with E-state index in [1.807, 2.05) is 30.3 Å². The number of benzene rings is 2. The molecule has 9 nitrogen and oxygen atoms in total. The molecular formula is C25H29N5O4. The van der Waals surface area contributed by atoms with Crippen LogP contribution in [0.1, 0.15) is 46.4 Å². The average Bonchev–Trinajstić information content (AvgIpc) is 3.23. The molecule has 2 aromatic carbocycles. The van der Waals surface area contributed by atoms with Crippen LogP contribution < -0.4 is 25.3 Å². The molecule has 0 radical (unpaired) electrons. The van der Waals surface area contributed by atoms with Crippen molar-refractivity contribution in [2.45, 2.75) is 32.3 Å². The largest absolute Gasteiger partial charge is 0.493 e. The van der Waals surface area contributed by atoms with Gasteiger partial charge in [-0.1, -0.05) is 36.8 Å². The summed E-state index contributed by atoms with van der Waals surface area (Å²) in [4.78, 5) is 12.7. The van der Waals surface area contributed by atoms with E-state index < -0.39 is 0 Å². The molecule has 0 unspecified atom stereocenters. The second kappa shape index (κ2) is 12.2. The number of anilines is 1. The van der Waals surface area contributed by atoms with Gasteiger partial charge < -0.3 is 25.3 Å². The molecule has 0 aliphatic heterocycles. The van der Waals surface area contributed by atoms with E-state index in [9.17, 15) is 4.79 Å². The van der Waals surface area contributed by atoms with Gasteiger partial charge in [0, 0.05) is 12.1 Å². The van der Waals surface area contributed by atoms with Gasteiger partial charge in [-0.3, -0.25) is 9.89 Å². The van der Waals surface area contributed by atoms with Gasteiger partial charge in [0.2, 0.25) is 5.75 Å². The molecule has 34 heavy (non-hydrogen) atoms. The maximum absolute atomic E-state index is 12.7. The number of nitriles is 1. The summed E-state index contributed by atoms with van der Waals surface area (Å²) in [6, 6.07) is 15.1. The van der Waals surface area contributed by atoms with Crippen molar-refractivity contribution < 1.29 is 19.0 Å². The highest BCUT2D eigenvalue weighted by atomic mass is 16.5. The van der Waals surface area contributed by atoms with Crippen molar-refractivity contribution in [3.8, 4) is 23.3 Å². The Morgan fingerprint density at radius 1 is 1.12 bits per heavy atom. The van der Waals surface area contributed by atoms with E-state index in [-0.39, 0.29) is 11.7 Å². The lowest BCUT2D eigenvalue weighted by Gasteiger charge is -2.16. The first kappa shape index (κ1) is 24.5. The predicted octanol–water partition coefficient (Wildman–Crippen LogP) is 3.60. The van der Waals surface area contributed by atoms with Gasteiger partial charge in [0.05, 0.1) is 19.9 Å². The van der Waals surface area contributed by atoms with E-state index in [4.69, 9.17) is 25.2 Å². The van der Waals surface area contributed by atoms with E-state index >= 15 is 0 Å². The lowest BCUT2D eigenvalue weighted by atomic mass is 10.1. The molecule has 1 aromatic heterocycles. The average molecular weight is 464 g/mol. The van der Waals surface area contributed by atoms with E-state index in [2.05, 4.69) is 21.6 Å². The standard InChI is InChI=1S/C25H29N5O4/c1-32-21-13-18(14-22(33-2)23(21)34-16-17-9-5-3-6-10-17)25(31)28-12-8-4-7-11-20-19(15-26)24(27)30-29-20/h3,5-6,9-10,13-14H,4,7-8,11-12,16H2,1-2H3,(H,28,31)(H3,27,29,30). The fourth-order valence-electron chi connectivity index (χ4n) is 3.49. The maximum atomic E-state index is 12.7. The van der Waals surface area contributed by atoms with Crippen molar-refractivity contribution in [3.05, 3.63) is 64.8 Å². The molecule has 0 saturated carbocycles. The van der Waals surface area contributed by atoms with Gasteiger partial charge >= 0.3 is 0 Å². The molecule has 178 valence electrons. The number of unbranched alkanes of at least 4 members (excludes halogenated alkanes) is 2. The molecule has 1 amide bonds. The Morgan fingerprint density at radius 3 is 2.47 bits per heavy atom. The third kappa shape index (κ3) is 6.19. The van der Waals surface area contributed by atoms with Crippen molar-refractivity contribution in [1.29, 1.82) is 5.26 Å². The quantitative estimate of drug-likeness (QED) is 0.349. The number of hydrogen-bond acceptors (Lipinski definition) is 7. The summed E-state index contributed by atoms with van der Waals surface area (Å²) in [6.45, 7) is 0.867. The molecule has 0 aliphatic carbocycles. The molecule has 3 rings (SSSR count). The minimum atomic E-state index is -0.223. The summed E-state index contributed by atoms with van der Waals surface area (Å²) < 4.78 is 16.9. The van der Waals surface area contributed by atoms with Crippen LogP contribution >= 0.6 is 0 Å². The minimum absolute atomic E-state index is 0.223. The van der Waals surface area contributed by atoms with Gasteiger partial charge in [0.25, 0.3) is 5.91 Å². The zero-order chi connectivity index (χ0) is 24.3. The van der Waals surface area contributed by atoms with Crippen LogP contribution in [0.3, 0.4) is 0 Å². The highest BCUT2D eigenvalue weighted by molar-refractivity contribution is 5.95. The first-order chi connectivity index (χ1) is 16.6. The van der Waals surface area contributed by atoms with E-state index in [1.54, 1.807) is 12.1 Å². The van der Waals surface area contributed by atoms with Gasteiger partial charge in [0.1, 0.15) is 18.2 Å². The number of nitrogens with zero attached hydrogens (tertiary/aromatic N) is 2. The van der Waals surface area contributed by atoms with Crippen molar-refractivity contribution in [2.24, 2.45) is 0 Å². The Hall–Kier alpha value is -4.19. The van der Waals surface area contributed by atoms with Gasteiger partial charge in [-0.25, -0.2) is 0 Å². The van der Waals surface area contributed by atoms with E-state index in [0.29, 0.717) is 47.9 Å². The number of carbonyl (C=O) groups is 1. The van der Waals surface area contributed by atoms with Crippen LogP contribution in [-0.2, 0) is 13.0 Å². The monoisotopic (exact) mass is 463 g/mol. The van der Waals surface area contributed by atoms with Gasteiger partial charge in [-0.15, -0.1) is 0 Å². The summed E-state index contributed by atoms with van der Waals surface area (Å²) in [5, 5.41) is 18.7. The summed E-state index contributed by atoms with van der Waals surface area (Å²) in [7, 11) is 3.05. The highest BCUT2D eigenvalue weighted by Crippen LogP contribution is 2.39. The number of carbonyl (C=O) groups excluding carboxylic acids is 1. The summed E-state index contributed by atoms with van der Waals surface area (Å²) >= 11 is 0. The Kier molecular flexibility index (Phi) is 8.74. The first-order valence-electron chi connectivity index (χ1n) is 11.0. The second-order valence-corrected chi connectivity index (χ2v) is 7.62. The normalized spacial score (nSPS) is 10.4. The van der Waals surface area contributed by atoms with Crippen molar-refractivity contribution in [1.82, 2.24) is 15.5 Å². The lowest BCUT2D eigenvalue weighted by Crippen LogP contribution is -2.24. The number of nitrogen functional groups attached to an aromatic ring is 1. The second-order valence-electron chi connectivity index (χ2n) is 7.62. The third-order valence-corrected chi connectivity index (χ3v) is 5.32. The number of hydrogen-bond donors (Lipinski definition) is 3. The minimum Gasteiger partial charge on any atom is -0.493 e. The zero-order valence-corrected chi connectivity index (χ0v) is 19.4. The van der Waals surface area contributed by atoms with Crippen LogP contribution in [0.2, 0.25) is 0 Å². The van der Waals surface area contributed by atoms with E-state index in [0.717, 1.165) is 30.5 Å². The zero-order valence-electron chi connectivity index (χ0n) is 19.4. The molecule has 1 heterocycles. The molecule has 3 aromatic rings. The molecule has 9 heteroatoms. The number of ether oxygens (including phenoxy) is 3. The van der Waals surface area contributed by atoms with Crippen LogP contribution in [-0.4, -0.2) is 36.9 Å². The lowest BCUT2D eigenvalue weighted by molar-refractivity contribution is 0.0952. The van der Waals surface area contributed by atoms with Crippen LogP contribution in [0.4, 0.5) is 5.82 Å². The molecule has 0 fully saturated rings. The Labute approximate surface area is 198 Å². The third-order valence-electron chi connectivity index (χ3n) is 5.32. The fraction of sp³-hybridized carbons (Fsp3) is 0.320. The SMILES string of the molecule is COc1cc(C(=O)NCCCCCc2[nH]nc(N)c2C#N)cc(OC)c1OCc1ccccc1. The Balaban J connectivity index is 1.52. The molecule has 0 atom stereocenters. The van der Waals surface area contributed by atoms with Gasteiger partial charge in [0.15, 0.2) is 17.3 Å². The number of nitrogens with one attached hydrogen (secondary N) is 2. The molecule has 0 spiro atoms. The Morgan fingerprint density at radius 2 is 1.82 bits per heavy atom. The summed E-state index contributed by atoms with van der Waals surface area (Å²) in [5.74, 6) is 1.30. The number of methoxy groups -OCH3 is 2. The molecule has 0 aliphatic rings. The molecule has 0 bridgehead atoms. The Bertz CT molecular complexity index is 1110. The number of nitrogens with two attached hydrogens (primary N) is 1. The fourth-order valence-corrected chi connectivity index (χ4v) is 3.49. The topological polar surface area (TPSA) is 135 Å². The van der Waals surface area contributed by atoms with Crippen molar-refractivity contribution in [2.75, 3.05) is 26.5 Å². The number of amides is 1. The molecular weight excluding hydrogens is 434 g/mol.